The lowest BCUT2D eigenvalue weighted by Crippen LogP contribution is -1.88. The lowest BCUT2D eigenvalue weighted by Gasteiger charge is -1.97. The molecule has 1 aliphatic rings. The largest absolute Gasteiger partial charge is 0.396 e. The SMILES string of the molecule is OC[C@@H]1C[C@@H]1Sc1ccccc1. The number of hydrogen-bond acceptors (Lipinski definition) is 2. The first-order valence-corrected chi connectivity index (χ1v) is 5.10. The Morgan fingerprint density at radius 3 is 2.67 bits per heavy atom. The third-order valence-corrected chi connectivity index (χ3v) is 3.55. The minimum absolute atomic E-state index is 0.352. The zero-order valence-electron chi connectivity index (χ0n) is 6.81. The van der Waals surface area contributed by atoms with Crippen molar-refractivity contribution < 1.29 is 5.11 Å². The summed E-state index contributed by atoms with van der Waals surface area (Å²) < 4.78 is 0. The summed E-state index contributed by atoms with van der Waals surface area (Å²) in [6.45, 7) is 0.352. The van der Waals surface area contributed by atoms with Crippen LogP contribution >= 0.6 is 11.8 Å². The number of hydrogen-bond donors (Lipinski definition) is 1. The summed E-state index contributed by atoms with van der Waals surface area (Å²) in [4.78, 5) is 1.32. The van der Waals surface area contributed by atoms with Crippen molar-refractivity contribution in [2.75, 3.05) is 6.61 Å². The average molecular weight is 180 g/mol. The van der Waals surface area contributed by atoms with Gasteiger partial charge in [-0.25, -0.2) is 0 Å². The molecule has 0 saturated heterocycles. The standard InChI is InChI=1S/C10H12OS/c11-7-8-6-10(8)12-9-4-2-1-3-5-9/h1-5,8,10-11H,6-7H2/t8-,10-/m0/s1. The van der Waals surface area contributed by atoms with Crippen molar-refractivity contribution >= 4 is 11.8 Å². The van der Waals surface area contributed by atoms with E-state index in [4.69, 9.17) is 5.11 Å². The lowest BCUT2D eigenvalue weighted by molar-refractivity contribution is 0.277. The summed E-state index contributed by atoms with van der Waals surface area (Å²) in [5, 5.41) is 9.51. The summed E-state index contributed by atoms with van der Waals surface area (Å²) in [7, 11) is 0. The first-order valence-electron chi connectivity index (χ1n) is 4.22. The molecule has 0 amide bonds. The smallest absolute Gasteiger partial charge is 0.0470 e. The zero-order valence-corrected chi connectivity index (χ0v) is 7.63. The van der Waals surface area contributed by atoms with Crippen molar-refractivity contribution in [3.63, 3.8) is 0 Å². The van der Waals surface area contributed by atoms with Gasteiger partial charge in [-0.15, -0.1) is 11.8 Å². The van der Waals surface area contributed by atoms with Crippen molar-refractivity contribution in [2.24, 2.45) is 5.92 Å². The van der Waals surface area contributed by atoms with Gasteiger partial charge < -0.3 is 5.11 Å². The second kappa shape index (κ2) is 3.50. The van der Waals surface area contributed by atoms with Crippen LogP contribution in [0.4, 0.5) is 0 Å². The number of aliphatic hydroxyl groups is 1. The van der Waals surface area contributed by atoms with E-state index < -0.39 is 0 Å². The van der Waals surface area contributed by atoms with Crippen LogP contribution in [0.1, 0.15) is 6.42 Å². The van der Waals surface area contributed by atoms with Crippen LogP contribution in [-0.4, -0.2) is 17.0 Å². The average Bonchev–Trinajstić information content (AvgIpc) is 2.85. The molecule has 2 atom stereocenters. The van der Waals surface area contributed by atoms with Crippen molar-refractivity contribution in [1.82, 2.24) is 0 Å². The van der Waals surface area contributed by atoms with Crippen LogP contribution in [0.2, 0.25) is 0 Å². The minimum atomic E-state index is 0.352. The molecule has 1 fully saturated rings. The highest BCUT2D eigenvalue weighted by Gasteiger charge is 2.36. The van der Waals surface area contributed by atoms with Gasteiger partial charge in [-0.2, -0.15) is 0 Å². The van der Waals surface area contributed by atoms with E-state index in [0.29, 0.717) is 17.8 Å². The van der Waals surface area contributed by atoms with Gasteiger partial charge in [0.2, 0.25) is 0 Å². The fraction of sp³-hybridized carbons (Fsp3) is 0.400. The molecule has 0 bridgehead atoms. The fourth-order valence-electron chi connectivity index (χ4n) is 1.23. The lowest BCUT2D eigenvalue weighted by atomic mass is 10.4. The molecule has 2 rings (SSSR count). The van der Waals surface area contributed by atoms with Gasteiger partial charge in [0.1, 0.15) is 0 Å². The predicted molar refractivity (Wildman–Crippen MR) is 51.3 cm³/mol. The van der Waals surface area contributed by atoms with Crippen LogP contribution in [0.3, 0.4) is 0 Å². The van der Waals surface area contributed by atoms with Crippen LogP contribution in [0, 0.1) is 5.92 Å². The van der Waals surface area contributed by atoms with Crippen LogP contribution < -0.4 is 0 Å². The molecule has 0 unspecified atom stereocenters. The molecule has 1 nitrogen and oxygen atoms in total. The molecule has 0 spiro atoms. The maximum atomic E-state index is 8.84. The Kier molecular flexibility index (Phi) is 2.38. The van der Waals surface area contributed by atoms with E-state index in [2.05, 4.69) is 24.3 Å². The van der Waals surface area contributed by atoms with Gasteiger partial charge in [0.25, 0.3) is 0 Å². The first kappa shape index (κ1) is 8.14. The predicted octanol–water partition coefficient (Wildman–Crippen LogP) is 2.16. The van der Waals surface area contributed by atoms with Crippen LogP contribution in [-0.2, 0) is 0 Å². The molecular formula is C10H12OS. The van der Waals surface area contributed by atoms with E-state index in [-0.39, 0.29) is 0 Å². The summed E-state index contributed by atoms with van der Waals surface area (Å²) in [5.41, 5.74) is 0. The van der Waals surface area contributed by atoms with Gasteiger partial charge in [0.15, 0.2) is 0 Å². The second-order valence-corrected chi connectivity index (χ2v) is 4.46. The van der Waals surface area contributed by atoms with Crippen LogP contribution in [0.25, 0.3) is 0 Å². The topological polar surface area (TPSA) is 20.2 Å². The summed E-state index contributed by atoms with van der Waals surface area (Å²) in [5.74, 6) is 0.551. The minimum Gasteiger partial charge on any atom is -0.396 e. The second-order valence-electron chi connectivity index (χ2n) is 3.15. The molecule has 2 heteroatoms. The number of benzene rings is 1. The van der Waals surface area contributed by atoms with E-state index in [1.807, 2.05) is 17.8 Å². The zero-order chi connectivity index (χ0) is 8.39. The van der Waals surface area contributed by atoms with E-state index in [0.717, 1.165) is 0 Å². The van der Waals surface area contributed by atoms with Crippen LogP contribution in [0.5, 0.6) is 0 Å². The molecule has 1 aromatic carbocycles. The van der Waals surface area contributed by atoms with E-state index in [1.54, 1.807) is 0 Å². The first-order chi connectivity index (χ1) is 5.90. The Bertz CT molecular complexity index is 247. The Morgan fingerprint density at radius 2 is 2.08 bits per heavy atom. The van der Waals surface area contributed by atoms with Gasteiger partial charge in [-0.1, -0.05) is 18.2 Å². The summed E-state index contributed by atoms with van der Waals surface area (Å²) in [6, 6.07) is 10.4. The highest BCUT2D eigenvalue weighted by atomic mass is 32.2. The Balaban J connectivity index is 1.89. The van der Waals surface area contributed by atoms with Crippen LogP contribution in [0.15, 0.2) is 35.2 Å². The van der Waals surface area contributed by atoms with E-state index >= 15 is 0 Å². The molecule has 0 radical (unpaired) electrons. The molecule has 0 aliphatic heterocycles. The number of aliphatic hydroxyl groups excluding tert-OH is 1. The highest BCUT2D eigenvalue weighted by Crippen LogP contribution is 2.44. The molecule has 0 aromatic heterocycles. The van der Waals surface area contributed by atoms with Gasteiger partial charge in [0.05, 0.1) is 0 Å². The maximum Gasteiger partial charge on any atom is 0.0470 e. The number of thioether (sulfide) groups is 1. The maximum absolute atomic E-state index is 8.84. The Morgan fingerprint density at radius 1 is 1.33 bits per heavy atom. The summed E-state index contributed by atoms with van der Waals surface area (Å²) >= 11 is 1.88. The van der Waals surface area contributed by atoms with Gasteiger partial charge in [-0.05, 0) is 24.5 Å². The van der Waals surface area contributed by atoms with Crippen molar-refractivity contribution in [3.8, 4) is 0 Å². The van der Waals surface area contributed by atoms with Gasteiger partial charge >= 0.3 is 0 Å². The monoisotopic (exact) mass is 180 g/mol. The molecule has 1 aromatic rings. The van der Waals surface area contributed by atoms with Gasteiger partial charge in [0, 0.05) is 16.8 Å². The Hall–Kier alpha value is -0.470. The quantitative estimate of drug-likeness (QED) is 0.769. The Labute approximate surface area is 76.8 Å². The van der Waals surface area contributed by atoms with Crippen molar-refractivity contribution in [2.45, 2.75) is 16.6 Å². The van der Waals surface area contributed by atoms with Crippen molar-refractivity contribution in [1.29, 1.82) is 0 Å². The third-order valence-electron chi connectivity index (χ3n) is 2.12. The molecule has 0 heterocycles. The van der Waals surface area contributed by atoms with E-state index in [9.17, 15) is 0 Å². The van der Waals surface area contributed by atoms with E-state index in [1.165, 1.54) is 11.3 Å². The molecule has 1 saturated carbocycles. The van der Waals surface area contributed by atoms with Crippen molar-refractivity contribution in [3.05, 3.63) is 30.3 Å². The summed E-state index contributed by atoms with van der Waals surface area (Å²) in [6.07, 6.45) is 1.18. The molecule has 1 aliphatic carbocycles. The molecule has 64 valence electrons. The third kappa shape index (κ3) is 1.82. The fourth-order valence-corrected chi connectivity index (χ4v) is 2.52. The normalized spacial score (nSPS) is 27.1. The number of rotatable bonds is 3. The molecule has 1 N–H and O–H groups in total. The molecule has 12 heavy (non-hydrogen) atoms. The van der Waals surface area contributed by atoms with Gasteiger partial charge in [-0.3, -0.25) is 0 Å². The molecular weight excluding hydrogens is 168 g/mol. The highest BCUT2D eigenvalue weighted by molar-refractivity contribution is 8.00.